The molecular weight excluding hydrogens is 435 g/mol. The Balaban J connectivity index is 1.40. The molecule has 3 aromatic carbocycles. The molecule has 0 fully saturated rings. The molecule has 5 rings (SSSR count). The van der Waals surface area contributed by atoms with Crippen molar-refractivity contribution in [1.29, 1.82) is 0 Å². The van der Waals surface area contributed by atoms with Gasteiger partial charge >= 0.3 is 6.18 Å². The summed E-state index contributed by atoms with van der Waals surface area (Å²) in [5, 5.41) is 6.91. The zero-order valence-electron chi connectivity index (χ0n) is 16.7. The lowest BCUT2D eigenvalue weighted by Gasteiger charge is -2.25. The van der Waals surface area contributed by atoms with E-state index in [2.05, 4.69) is 15.6 Å². The fourth-order valence-electron chi connectivity index (χ4n) is 3.80. The van der Waals surface area contributed by atoms with E-state index in [-0.39, 0.29) is 18.0 Å². The normalized spacial score (nSPS) is 12.7. The number of hydrogen-bond donors (Lipinski definition) is 3. The maximum atomic E-state index is 13.5. The molecule has 0 bridgehead atoms. The molecule has 0 saturated heterocycles. The van der Waals surface area contributed by atoms with Crippen molar-refractivity contribution in [2.45, 2.75) is 28.8 Å². The number of aryl methyl sites for hydroxylation is 1. The number of anilines is 3. The Morgan fingerprint density at radius 2 is 1.78 bits per heavy atom. The molecule has 1 amide bonds. The van der Waals surface area contributed by atoms with Crippen LogP contribution in [-0.4, -0.2) is 10.9 Å². The molecule has 1 aliphatic rings. The van der Waals surface area contributed by atoms with Crippen LogP contribution in [0.1, 0.15) is 17.5 Å². The Bertz CT molecular complexity index is 1330. The average Bonchev–Trinajstić information content (AvgIpc) is 3.19. The largest absolute Gasteiger partial charge is 0.416 e. The second kappa shape index (κ2) is 7.94. The summed E-state index contributed by atoms with van der Waals surface area (Å²) in [5.74, 6) is -0.345. The predicted molar refractivity (Wildman–Crippen MR) is 121 cm³/mol. The fourth-order valence-corrected chi connectivity index (χ4v) is 4.86. The van der Waals surface area contributed by atoms with Crippen LogP contribution in [-0.2, 0) is 17.4 Å². The molecule has 0 spiro atoms. The van der Waals surface area contributed by atoms with Crippen LogP contribution in [0.15, 0.2) is 76.7 Å². The third-order valence-electron chi connectivity index (χ3n) is 5.37. The van der Waals surface area contributed by atoms with Crippen LogP contribution in [0, 0.1) is 0 Å². The van der Waals surface area contributed by atoms with Crippen molar-refractivity contribution in [1.82, 2.24) is 4.98 Å². The zero-order chi connectivity index (χ0) is 22.3. The lowest BCUT2D eigenvalue weighted by molar-refractivity contribution is -0.137. The number of carbonyl (C=O) groups is 1. The number of carbonyl (C=O) groups excluding carboxylic acids is 1. The fraction of sp³-hybridized carbons (Fsp3) is 0.125. The highest BCUT2D eigenvalue weighted by molar-refractivity contribution is 7.99. The number of nitrogens with one attached hydrogen (secondary N) is 3. The van der Waals surface area contributed by atoms with Crippen LogP contribution in [0.25, 0.3) is 10.9 Å². The Labute approximate surface area is 186 Å². The number of amides is 1. The van der Waals surface area contributed by atoms with Gasteiger partial charge < -0.3 is 15.6 Å². The number of alkyl halides is 3. The number of aromatic amines is 1. The Morgan fingerprint density at radius 1 is 1.00 bits per heavy atom. The number of aromatic nitrogens is 1. The van der Waals surface area contributed by atoms with Crippen molar-refractivity contribution in [3.05, 3.63) is 78.0 Å². The summed E-state index contributed by atoms with van der Waals surface area (Å²) >= 11 is 1.25. The van der Waals surface area contributed by atoms with Crippen molar-refractivity contribution < 1.29 is 18.0 Å². The van der Waals surface area contributed by atoms with Gasteiger partial charge in [0.15, 0.2) is 0 Å². The Hall–Kier alpha value is -3.39. The lowest BCUT2D eigenvalue weighted by Crippen LogP contribution is -2.16. The number of rotatable bonds is 4. The van der Waals surface area contributed by atoms with Gasteiger partial charge in [0.2, 0.25) is 5.91 Å². The van der Waals surface area contributed by atoms with Crippen LogP contribution in [0.2, 0.25) is 0 Å². The van der Waals surface area contributed by atoms with E-state index in [4.69, 9.17) is 0 Å². The Kier molecular flexibility index (Phi) is 5.09. The summed E-state index contributed by atoms with van der Waals surface area (Å²) in [6.07, 6.45) is -2.03. The quantitative estimate of drug-likeness (QED) is 0.276. The van der Waals surface area contributed by atoms with Gasteiger partial charge in [-0.2, -0.15) is 13.2 Å². The van der Waals surface area contributed by atoms with Crippen LogP contribution < -0.4 is 10.6 Å². The van der Waals surface area contributed by atoms with Gasteiger partial charge in [0.25, 0.3) is 0 Å². The first-order valence-corrected chi connectivity index (χ1v) is 10.8. The predicted octanol–water partition coefficient (Wildman–Crippen LogP) is 6.97. The van der Waals surface area contributed by atoms with Gasteiger partial charge in [-0.25, -0.2) is 0 Å². The number of H-pyrrole nitrogens is 1. The molecule has 1 aliphatic heterocycles. The first-order valence-electron chi connectivity index (χ1n) is 10.0. The second-order valence-corrected chi connectivity index (χ2v) is 8.61. The molecule has 1 aromatic heterocycles. The molecule has 2 heterocycles. The van der Waals surface area contributed by atoms with E-state index in [0.29, 0.717) is 17.0 Å². The van der Waals surface area contributed by atoms with E-state index in [1.807, 2.05) is 54.7 Å². The highest BCUT2D eigenvalue weighted by Crippen LogP contribution is 2.49. The molecule has 8 heteroatoms. The standard InChI is InChI=1S/C24H18F3N3OS/c25-24(26,27)15-11-19(23-21(12-15)32-20-8-4-3-7-18(20)30-23)29-22(31)10-9-14-13-28-17-6-2-1-5-16(14)17/h1-8,11-13,28,30H,9-10H2,(H,29,31). The van der Waals surface area contributed by atoms with Crippen molar-refractivity contribution in [3.8, 4) is 0 Å². The summed E-state index contributed by atoms with van der Waals surface area (Å²) in [5.41, 5.74) is 2.57. The molecule has 0 saturated carbocycles. The Morgan fingerprint density at radius 3 is 2.62 bits per heavy atom. The van der Waals surface area contributed by atoms with Crippen LogP contribution >= 0.6 is 11.8 Å². The first-order chi connectivity index (χ1) is 15.4. The smallest absolute Gasteiger partial charge is 0.361 e. The topological polar surface area (TPSA) is 56.9 Å². The van der Waals surface area contributed by atoms with Crippen molar-refractivity contribution in [3.63, 3.8) is 0 Å². The lowest BCUT2D eigenvalue weighted by atomic mass is 10.1. The highest BCUT2D eigenvalue weighted by Gasteiger charge is 2.33. The number of fused-ring (bicyclic) bond motifs is 3. The van der Waals surface area contributed by atoms with Gasteiger partial charge in [0, 0.05) is 33.3 Å². The second-order valence-electron chi connectivity index (χ2n) is 7.53. The summed E-state index contributed by atoms with van der Waals surface area (Å²) < 4.78 is 40.5. The van der Waals surface area contributed by atoms with Crippen LogP contribution in [0.3, 0.4) is 0 Å². The maximum Gasteiger partial charge on any atom is 0.416 e. The van der Waals surface area contributed by atoms with Gasteiger partial charge in [-0.1, -0.05) is 42.1 Å². The van der Waals surface area contributed by atoms with Crippen molar-refractivity contribution in [2.24, 2.45) is 0 Å². The minimum Gasteiger partial charge on any atom is -0.361 e. The number of benzene rings is 3. The van der Waals surface area contributed by atoms with Gasteiger partial charge in [-0.3, -0.25) is 4.79 Å². The number of para-hydroxylation sites is 2. The van der Waals surface area contributed by atoms with Crippen LogP contribution in [0.4, 0.5) is 30.2 Å². The van der Waals surface area contributed by atoms with E-state index >= 15 is 0 Å². The van der Waals surface area contributed by atoms with E-state index in [9.17, 15) is 18.0 Å². The molecule has 4 aromatic rings. The van der Waals surface area contributed by atoms with Crippen LogP contribution in [0.5, 0.6) is 0 Å². The summed E-state index contributed by atoms with van der Waals surface area (Å²) in [6, 6.07) is 17.3. The van der Waals surface area contributed by atoms with Gasteiger partial charge in [-0.15, -0.1) is 0 Å². The van der Waals surface area contributed by atoms with E-state index in [1.54, 1.807) is 0 Å². The SMILES string of the molecule is O=C(CCc1c[nH]c2ccccc12)Nc1cc(C(F)(F)F)cc2c1Nc1ccccc1S2. The third kappa shape index (κ3) is 3.93. The minimum atomic E-state index is -4.52. The molecule has 3 N–H and O–H groups in total. The minimum absolute atomic E-state index is 0.126. The molecule has 0 atom stereocenters. The highest BCUT2D eigenvalue weighted by atomic mass is 32.2. The average molecular weight is 453 g/mol. The van der Waals surface area contributed by atoms with Crippen molar-refractivity contribution >= 4 is 45.6 Å². The van der Waals surface area contributed by atoms with Gasteiger partial charge in [-0.05, 0) is 42.3 Å². The molecule has 32 heavy (non-hydrogen) atoms. The van der Waals surface area contributed by atoms with E-state index < -0.39 is 11.7 Å². The molecule has 162 valence electrons. The van der Waals surface area contributed by atoms with E-state index in [0.717, 1.165) is 39.2 Å². The first kappa shape index (κ1) is 20.5. The van der Waals surface area contributed by atoms with E-state index in [1.165, 1.54) is 11.8 Å². The van der Waals surface area contributed by atoms with Gasteiger partial charge in [0.1, 0.15) is 0 Å². The molecule has 0 unspecified atom stereocenters. The molecule has 0 aliphatic carbocycles. The molecular formula is C24H18F3N3OS. The maximum absolute atomic E-state index is 13.5. The summed E-state index contributed by atoms with van der Waals surface area (Å²) in [4.78, 5) is 17.1. The zero-order valence-corrected chi connectivity index (χ0v) is 17.5. The monoisotopic (exact) mass is 453 g/mol. The summed E-state index contributed by atoms with van der Waals surface area (Å²) in [7, 11) is 0. The number of halogens is 3. The molecule has 4 nitrogen and oxygen atoms in total. The summed E-state index contributed by atoms with van der Waals surface area (Å²) in [6.45, 7) is 0. The molecule has 0 radical (unpaired) electrons. The third-order valence-corrected chi connectivity index (χ3v) is 6.48. The van der Waals surface area contributed by atoms with Crippen molar-refractivity contribution in [2.75, 3.05) is 10.6 Å². The number of hydrogen-bond acceptors (Lipinski definition) is 3. The van der Waals surface area contributed by atoms with Gasteiger partial charge in [0.05, 0.1) is 22.6 Å².